The minimum atomic E-state index is -4.95. The van der Waals surface area contributed by atoms with Crippen LogP contribution in [0.4, 0.5) is 27.6 Å². The van der Waals surface area contributed by atoms with Crippen LogP contribution in [-0.2, 0) is 6.18 Å². The Labute approximate surface area is 149 Å². The van der Waals surface area contributed by atoms with Gasteiger partial charge in [-0.15, -0.1) is 0 Å². The molecule has 0 atom stereocenters. The highest BCUT2D eigenvalue weighted by molar-refractivity contribution is 8.00. The third kappa shape index (κ3) is 3.98. The molecule has 3 aromatic rings. The highest BCUT2D eigenvalue weighted by atomic mass is 32.2. The molecule has 0 radical (unpaired) electrons. The predicted octanol–water partition coefficient (Wildman–Crippen LogP) is 5.80. The first-order chi connectivity index (χ1) is 12.2. The molecule has 2 N–H and O–H groups in total. The lowest BCUT2D eigenvalue weighted by Gasteiger charge is -2.11. The fraction of sp³-hybridized carbons (Fsp3) is 0.118. The summed E-state index contributed by atoms with van der Waals surface area (Å²) in [4.78, 5) is 7.85. The van der Waals surface area contributed by atoms with E-state index in [0.29, 0.717) is 16.7 Å². The van der Waals surface area contributed by atoms with Gasteiger partial charge in [-0.05, 0) is 48.7 Å². The summed E-state index contributed by atoms with van der Waals surface area (Å²) in [6, 6.07) is 6.08. The Morgan fingerprint density at radius 3 is 2.54 bits per heavy atom. The van der Waals surface area contributed by atoms with E-state index in [1.165, 1.54) is 0 Å². The second-order valence-corrected chi connectivity index (χ2v) is 6.36. The van der Waals surface area contributed by atoms with Crippen molar-refractivity contribution in [2.75, 3.05) is 4.72 Å². The molecular formula is C17H12F5N3S. The van der Waals surface area contributed by atoms with Crippen molar-refractivity contribution in [1.29, 1.82) is 0 Å². The van der Waals surface area contributed by atoms with E-state index in [4.69, 9.17) is 0 Å². The number of alkyl halides is 3. The minimum absolute atomic E-state index is 0.136. The molecule has 0 aliphatic rings. The van der Waals surface area contributed by atoms with Gasteiger partial charge in [-0.3, -0.25) is 4.98 Å². The number of pyridine rings is 1. The molecule has 136 valence electrons. The summed E-state index contributed by atoms with van der Waals surface area (Å²) in [5.74, 6) is -2.73. The lowest BCUT2D eigenvalue weighted by atomic mass is 10.2. The van der Waals surface area contributed by atoms with Crippen LogP contribution in [0.5, 0.6) is 0 Å². The van der Waals surface area contributed by atoms with Gasteiger partial charge in [0.2, 0.25) is 0 Å². The molecule has 0 aliphatic heterocycles. The fourth-order valence-electron chi connectivity index (χ4n) is 2.22. The Bertz CT molecular complexity index is 936. The summed E-state index contributed by atoms with van der Waals surface area (Å²) in [5.41, 5.74) is 0.442. The summed E-state index contributed by atoms with van der Waals surface area (Å²) in [7, 11) is 0. The third-order valence-corrected chi connectivity index (χ3v) is 4.28. The standard InChI is InChI=1S/C17H12F5N3S/c1-9-2-3-23-15(4-9)16-5-10(8-24-16)26-25-14-7-12(18)11(6-13(14)19)17(20,21)22/h2-8,24-25H,1H3. The molecule has 2 heterocycles. The molecule has 2 aromatic heterocycles. The quantitative estimate of drug-likeness (QED) is 0.440. The van der Waals surface area contributed by atoms with Crippen LogP contribution in [0.2, 0.25) is 0 Å². The number of hydrogen-bond donors (Lipinski definition) is 2. The van der Waals surface area contributed by atoms with Gasteiger partial charge < -0.3 is 9.71 Å². The van der Waals surface area contributed by atoms with Crippen molar-refractivity contribution in [3.05, 3.63) is 65.5 Å². The van der Waals surface area contributed by atoms with Crippen LogP contribution in [0, 0.1) is 18.6 Å². The second-order valence-electron chi connectivity index (χ2n) is 5.48. The van der Waals surface area contributed by atoms with E-state index in [9.17, 15) is 22.0 Å². The summed E-state index contributed by atoms with van der Waals surface area (Å²) in [6.45, 7) is 1.92. The Kier molecular flexibility index (Phi) is 4.90. The molecule has 3 rings (SSSR count). The van der Waals surface area contributed by atoms with Crippen molar-refractivity contribution in [1.82, 2.24) is 9.97 Å². The van der Waals surface area contributed by atoms with Crippen LogP contribution in [0.15, 0.2) is 47.6 Å². The smallest absolute Gasteiger partial charge is 0.359 e. The van der Waals surface area contributed by atoms with Gasteiger partial charge in [-0.1, -0.05) is 0 Å². The Hall–Kier alpha value is -2.55. The van der Waals surface area contributed by atoms with Crippen LogP contribution >= 0.6 is 11.9 Å². The number of aromatic amines is 1. The summed E-state index contributed by atoms with van der Waals surface area (Å²) in [6.07, 6.45) is -1.67. The van der Waals surface area contributed by atoms with E-state index in [2.05, 4.69) is 14.7 Å². The first kappa shape index (κ1) is 18.2. The zero-order valence-electron chi connectivity index (χ0n) is 13.3. The SMILES string of the molecule is Cc1ccnc(-c2cc(SNc3cc(F)c(C(F)(F)F)cc3F)c[nH]2)c1. The number of nitrogens with one attached hydrogen (secondary N) is 2. The summed E-state index contributed by atoms with van der Waals surface area (Å²) < 4.78 is 67.6. The largest absolute Gasteiger partial charge is 0.419 e. The lowest BCUT2D eigenvalue weighted by Crippen LogP contribution is -2.09. The molecule has 3 nitrogen and oxygen atoms in total. The number of H-pyrrole nitrogens is 1. The zero-order valence-corrected chi connectivity index (χ0v) is 14.1. The third-order valence-electron chi connectivity index (χ3n) is 3.49. The topological polar surface area (TPSA) is 40.7 Å². The van der Waals surface area contributed by atoms with Crippen molar-refractivity contribution in [2.24, 2.45) is 0 Å². The Balaban J connectivity index is 1.75. The van der Waals surface area contributed by atoms with Gasteiger partial charge in [0.25, 0.3) is 0 Å². The molecule has 0 spiro atoms. The number of nitrogens with zero attached hydrogens (tertiary/aromatic N) is 1. The van der Waals surface area contributed by atoms with Gasteiger partial charge in [0.15, 0.2) is 0 Å². The lowest BCUT2D eigenvalue weighted by molar-refractivity contribution is -0.140. The van der Waals surface area contributed by atoms with Gasteiger partial charge in [0.1, 0.15) is 11.6 Å². The maximum Gasteiger partial charge on any atom is 0.419 e. The number of halogens is 5. The van der Waals surface area contributed by atoms with E-state index < -0.39 is 23.4 Å². The Morgan fingerprint density at radius 1 is 1.08 bits per heavy atom. The van der Waals surface area contributed by atoms with Crippen molar-refractivity contribution < 1.29 is 22.0 Å². The van der Waals surface area contributed by atoms with Crippen LogP contribution < -0.4 is 4.72 Å². The van der Waals surface area contributed by atoms with Gasteiger partial charge in [-0.2, -0.15) is 13.2 Å². The number of hydrogen-bond acceptors (Lipinski definition) is 3. The van der Waals surface area contributed by atoms with Crippen molar-refractivity contribution in [2.45, 2.75) is 18.0 Å². The molecule has 1 aromatic carbocycles. The average molecular weight is 385 g/mol. The number of aryl methyl sites for hydroxylation is 1. The van der Waals surface area contributed by atoms with Crippen LogP contribution in [0.1, 0.15) is 11.1 Å². The van der Waals surface area contributed by atoms with Crippen LogP contribution in [0.25, 0.3) is 11.4 Å². The highest BCUT2D eigenvalue weighted by Gasteiger charge is 2.35. The molecule has 0 fully saturated rings. The molecule has 0 aliphatic carbocycles. The first-order valence-corrected chi connectivity index (χ1v) is 8.16. The molecular weight excluding hydrogens is 373 g/mol. The predicted molar refractivity (Wildman–Crippen MR) is 89.6 cm³/mol. The van der Waals surface area contributed by atoms with Gasteiger partial charge >= 0.3 is 6.18 Å². The van der Waals surface area contributed by atoms with E-state index in [-0.39, 0.29) is 11.8 Å². The van der Waals surface area contributed by atoms with Crippen molar-refractivity contribution >= 4 is 17.6 Å². The van der Waals surface area contributed by atoms with Crippen molar-refractivity contribution in [3.8, 4) is 11.4 Å². The zero-order chi connectivity index (χ0) is 18.9. The minimum Gasteiger partial charge on any atom is -0.359 e. The molecule has 0 amide bonds. The fourth-order valence-corrected chi connectivity index (χ4v) is 2.90. The van der Waals surface area contributed by atoms with Gasteiger partial charge in [0.05, 0.1) is 22.6 Å². The van der Waals surface area contributed by atoms with Crippen molar-refractivity contribution in [3.63, 3.8) is 0 Å². The van der Waals surface area contributed by atoms with Gasteiger partial charge in [-0.25, -0.2) is 8.78 Å². The number of benzene rings is 1. The molecule has 0 saturated heterocycles. The molecule has 0 bridgehead atoms. The maximum absolute atomic E-state index is 13.8. The molecule has 26 heavy (non-hydrogen) atoms. The average Bonchev–Trinajstić information content (AvgIpc) is 3.03. The normalized spacial score (nSPS) is 11.6. The van der Waals surface area contributed by atoms with Gasteiger partial charge in [0, 0.05) is 23.4 Å². The van der Waals surface area contributed by atoms with E-state index in [1.54, 1.807) is 18.5 Å². The summed E-state index contributed by atoms with van der Waals surface area (Å²) >= 11 is 0.932. The Morgan fingerprint density at radius 2 is 1.85 bits per heavy atom. The van der Waals surface area contributed by atoms with E-state index in [0.717, 1.165) is 23.2 Å². The van der Waals surface area contributed by atoms with E-state index in [1.807, 2.05) is 19.1 Å². The second kappa shape index (κ2) is 6.99. The van der Waals surface area contributed by atoms with E-state index >= 15 is 0 Å². The number of aromatic nitrogens is 2. The monoisotopic (exact) mass is 385 g/mol. The first-order valence-electron chi connectivity index (χ1n) is 7.34. The molecule has 0 unspecified atom stereocenters. The van der Waals surface area contributed by atoms with Crippen LogP contribution in [-0.4, -0.2) is 9.97 Å². The number of anilines is 1. The highest BCUT2D eigenvalue weighted by Crippen LogP contribution is 2.35. The molecule has 0 saturated carbocycles. The maximum atomic E-state index is 13.8. The molecule has 9 heteroatoms. The summed E-state index contributed by atoms with van der Waals surface area (Å²) in [5, 5.41) is 0. The number of rotatable bonds is 4. The van der Waals surface area contributed by atoms with Crippen LogP contribution in [0.3, 0.4) is 0 Å².